The molecule has 0 spiro atoms. The third-order valence-corrected chi connectivity index (χ3v) is 4.54. The maximum Gasteiger partial charge on any atom is 0.181 e. The quantitative estimate of drug-likeness (QED) is 0.751. The summed E-state index contributed by atoms with van der Waals surface area (Å²) in [6.45, 7) is 5.11. The molecule has 0 bridgehead atoms. The molecule has 1 aromatic carbocycles. The number of nitrogens with one attached hydrogen (secondary N) is 1. The van der Waals surface area contributed by atoms with E-state index in [4.69, 9.17) is 4.74 Å². The molecule has 0 saturated carbocycles. The predicted octanol–water partition coefficient (Wildman–Crippen LogP) is 1.08. The summed E-state index contributed by atoms with van der Waals surface area (Å²) < 4.78 is 29.3. The molecule has 6 heteroatoms. The number of aliphatic hydroxyl groups is 1. The zero-order chi connectivity index (χ0) is 15.2. The van der Waals surface area contributed by atoms with Crippen LogP contribution in [0.25, 0.3) is 0 Å². The number of sulfone groups is 1. The smallest absolute Gasteiger partial charge is 0.181 e. The van der Waals surface area contributed by atoms with Crippen molar-refractivity contribution < 1.29 is 18.3 Å². The maximum absolute atomic E-state index is 12.2. The summed E-state index contributed by atoms with van der Waals surface area (Å²) in [5, 5.41) is 12.9. The van der Waals surface area contributed by atoms with Crippen molar-refractivity contribution in [1.82, 2.24) is 5.32 Å². The van der Waals surface area contributed by atoms with Crippen LogP contribution in [-0.4, -0.2) is 45.6 Å². The molecule has 2 N–H and O–H groups in total. The van der Waals surface area contributed by atoms with E-state index in [1.807, 2.05) is 13.8 Å². The van der Waals surface area contributed by atoms with Crippen LogP contribution in [0.3, 0.4) is 0 Å². The van der Waals surface area contributed by atoms with E-state index in [-0.39, 0.29) is 17.2 Å². The zero-order valence-corrected chi connectivity index (χ0v) is 13.0. The first-order chi connectivity index (χ1) is 9.35. The van der Waals surface area contributed by atoms with Crippen LogP contribution < -0.4 is 10.1 Å². The summed E-state index contributed by atoms with van der Waals surface area (Å²) in [5.74, 6) is 0.640. The summed E-state index contributed by atoms with van der Waals surface area (Å²) in [7, 11) is -2.03. The molecule has 0 aliphatic rings. The van der Waals surface area contributed by atoms with Crippen molar-refractivity contribution in [1.29, 1.82) is 0 Å². The Morgan fingerprint density at radius 1 is 1.30 bits per heavy atom. The molecule has 0 saturated heterocycles. The third kappa shape index (κ3) is 5.48. The second-order valence-corrected chi connectivity index (χ2v) is 7.20. The van der Waals surface area contributed by atoms with Crippen LogP contribution in [0.1, 0.15) is 13.8 Å². The molecule has 1 rings (SSSR count). The molecule has 0 amide bonds. The van der Waals surface area contributed by atoms with Crippen LogP contribution in [-0.2, 0) is 9.84 Å². The van der Waals surface area contributed by atoms with Crippen molar-refractivity contribution >= 4 is 9.84 Å². The Kier molecular flexibility index (Phi) is 6.45. The van der Waals surface area contributed by atoms with Crippen LogP contribution >= 0.6 is 0 Å². The fourth-order valence-corrected chi connectivity index (χ4v) is 3.14. The molecule has 0 aliphatic heterocycles. The molecule has 1 unspecified atom stereocenters. The molecule has 1 aromatic rings. The molecular formula is C14H23NO4S. The van der Waals surface area contributed by atoms with Gasteiger partial charge in [-0.3, -0.25) is 0 Å². The second kappa shape index (κ2) is 7.61. The van der Waals surface area contributed by atoms with Crippen LogP contribution in [0.15, 0.2) is 29.2 Å². The van der Waals surface area contributed by atoms with Crippen molar-refractivity contribution in [3.05, 3.63) is 24.3 Å². The van der Waals surface area contributed by atoms with Crippen molar-refractivity contribution in [2.45, 2.75) is 24.8 Å². The minimum absolute atomic E-state index is 0.166. The number of rotatable bonds is 8. The van der Waals surface area contributed by atoms with Gasteiger partial charge in [-0.2, -0.15) is 0 Å². The average molecular weight is 301 g/mol. The first kappa shape index (κ1) is 16.9. The molecule has 0 aliphatic carbocycles. The van der Waals surface area contributed by atoms with Crippen molar-refractivity contribution in [2.24, 2.45) is 5.92 Å². The number of hydrogen-bond acceptors (Lipinski definition) is 5. The molecule has 0 radical (unpaired) electrons. The SMILES string of the molecule is COc1cccc(S(=O)(=O)CC(O)CNCC(C)C)c1. The van der Waals surface area contributed by atoms with Crippen LogP contribution in [0.5, 0.6) is 5.75 Å². The standard InChI is InChI=1S/C14H23NO4S/c1-11(2)8-15-9-12(16)10-20(17,18)14-6-4-5-13(7-14)19-3/h4-7,11-12,15-16H,8-10H2,1-3H3. The molecular weight excluding hydrogens is 278 g/mol. The predicted molar refractivity (Wildman–Crippen MR) is 78.8 cm³/mol. The second-order valence-electron chi connectivity index (χ2n) is 5.17. The van der Waals surface area contributed by atoms with E-state index in [0.29, 0.717) is 11.7 Å². The highest BCUT2D eigenvalue weighted by atomic mass is 32.2. The van der Waals surface area contributed by atoms with E-state index in [1.165, 1.54) is 19.2 Å². The monoisotopic (exact) mass is 301 g/mol. The van der Waals surface area contributed by atoms with Gasteiger partial charge in [0, 0.05) is 6.54 Å². The van der Waals surface area contributed by atoms with Crippen molar-refractivity contribution in [3.8, 4) is 5.75 Å². The Hall–Kier alpha value is -1.11. The van der Waals surface area contributed by atoms with E-state index >= 15 is 0 Å². The van der Waals surface area contributed by atoms with Gasteiger partial charge in [0.05, 0.1) is 23.9 Å². The lowest BCUT2D eigenvalue weighted by molar-refractivity contribution is 0.192. The molecule has 0 heterocycles. The van der Waals surface area contributed by atoms with Gasteiger partial charge < -0.3 is 15.2 Å². The first-order valence-corrected chi connectivity index (χ1v) is 8.26. The van der Waals surface area contributed by atoms with Gasteiger partial charge in [-0.15, -0.1) is 0 Å². The van der Waals surface area contributed by atoms with Crippen molar-refractivity contribution in [3.63, 3.8) is 0 Å². The molecule has 0 aromatic heterocycles. The van der Waals surface area contributed by atoms with E-state index in [9.17, 15) is 13.5 Å². The highest BCUT2D eigenvalue weighted by Gasteiger charge is 2.20. The van der Waals surface area contributed by atoms with Gasteiger partial charge in [0.2, 0.25) is 0 Å². The largest absolute Gasteiger partial charge is 0.497 e. The Labute approximate surface area is 120 Å². The van der Waals surface area contributed by atoms with Gasteiger partial charge in [0.1, 0.15) is 5.75 Å². The average Bonchev–Trinajstić information content (AvgIpc) is 2.37. The van der Waals surface area contributed by atoms with E-state index in [0.717, 1.165) is 6.54 Å². The summed E-state index contributed by atoms with van der Waals surface area (Å²) in [5.41, 5.74) is 0. The lowest BCUT2D eigenvalue weighted by atomic mass is 10.2. The van der Waals surface area contributed by atoms with Crippen molar-refractivity contribution in [2.75, 3.05) is 26.0 Å². The Balaban J connectivity index is 2.64. The summed E-state index contributed by atoms with van der Waals surface area (Å²) in [4.78, 5) is 0.166. The van der Waals surface area contributed by atoms with E-state index in [1.54, 1.807) is 12.1 Å². The first-order valence-electron chi connectivity index (χ1n) is 6.60. The molecule has 1 atom stereocenters. The fraction of sp³-hybridized carbons (Fsp3) is 0.571. The van der Waals surface area contributed by atoms with Gasteiger partial charge in [-0.1, -0.05) is 19.9 Å². The summed E-state index contributed by atoms with van der Waals surface area (Å²) >= 11 is 0. The van der Waals surface area contributed by atoms with Gasteiger partial charge in [0.15, 0.2) is 9.84 Å². The van der Waals surface area contributed by atoms with Gasteiger partial charge in [-0.25, -0.2) is 8.42 Å². The van der Waals surface area contributed by atoms with Gasteiger partial charge in [-0.05, 0) is 30.7 Å². The van der Waals surface area contributed by atoms with Crippen LogP contribution in [0.4, 0.5) is 0 Å². The Morgan fingerprint density at radius 3 is 2.60 bits per heavy atom. The fourth-order valence-electron chi connectivity index (χ4n) is 1.74. The highest BCUT2D eigenvalue weighted by Crippen LogP contribution is 2.18. The number of benzene rings is 1. The molecule has 0 fully saturated rings. The third-order valence-electron chi connectivity index (χ3n) is 2.74. The Bertz CT molecular complexity index is 514. The Morgan fingerprint density at radius 2 is 2.00 bits per heavy atom. The summed E-state index contributed by atoms with van der Waals surface area (Å²) in [6.07, 6.45) is -0.926. The topological polar surface area (TPSA) is 75.6 Å². The maximum atomic E-state index is 12.2. The number of hydrogen-bond donors (Lipinski definition) is 2. The normalized spacial score (nSPS) is 13.4. The van der Waals surface area contributed by atoms with E-state index < -0.39 is 15.9 Å². The number of methoxy groups -OCH3 is 1. The zero-order valence-electron chi connectivity index (χ0n) is 12.2. The minimum Gasteiger partial charge on any atom is -0.497 e. The van der Waals surface area contributed by atoms with E-state index in [2.05, 4.69) is 5.32 Å². The minimum atomic E-state index is -3.51. The molecule has 20 heavy (non-hydrogen) atoms. The lowest BCUT2D eigenvalue weighted by Crippen LogP contribution is -2.34. The van der Waals surface area contributed by atoms with Gasteiger partial charge >= 0.3 is 0 Å². The molecule has 5 nitrogen and oxygen atoms in total. The van der Waals surface area contributed by atoms with Gasteiger partial charge in [0.25, 0.3) is 0 Å². The lowest BCUT2D eigenvalue weighted by Gasteiger charge is -2.14. The number of ether oxygens (including phenoxy) is 1. The summed E-state index contributed by atoms with van der Waals surface area (Å²) in [6, 6.07) is 6.27. The van der Waals surface area contributed by atoms with Crippen LogP contribution in [0.2, 0.25) is 0 Å². The molecule has 114 valence electrons. The highest BCUT2D eigenvalue weighted by molar-refractivity contribution is 7.91. The van der Waals surface area contributed by atoms with Crippen LogP contribution in [0, 0.1) is 5.92 Å². The number of aliphatic hydroxyl groups excluding tert-OH is 1.